The molecular weight excluding hydrogens is 412 g/mol. The molecule has 4 N–H and O–H groups in total. The van der Waals surface area contributed by atoms with E-state index in [2.05, 4.69) is 10.3 Å². The summed E-state index contributed by atoms with van der Waals surface area (Å²) in [5.74, 6) is -3.07. The average molecular weight is 437 g/mol. The van der Waals surface area contributed by atoms with E-state index in [1.165, 1.54) is 11.6 Å². The zero-order valence-electron chi connectivity index (χ0n) is 17.3. The lowest BCUT2D eigenvalue weighted by atomic mass is 10.2. The van der Waals surface area contributed by atoms with Gasteiger partial charge in [0, 0.05) is 32.6 Å². The Balaban J connectivity index is 1.99. The van der Waals surface area contributed by atoms with Crippen molar-refractivity contribution in [3.63, 3.8) is 0 Å². The van der Waals surface area contributed by atoms with Crippen LogP contribution in [0.3, 0.4) is 0 Å². The molecule has 1 heterocycles. The van der Waals surface area contributed by atoms with E-state index in [1.807, 2.05) is 6.92 Å². The molecule has 2 aromatic rings. The maximum atomic E-state index is 13.6. The Morgan fingerprint density at radius 1 is 1.23 bits per heavy atom. The van der Waals surface area contributed by atoms with Gasteiger partial charge in [-0.3, -0.25) is 23.9 Å². The first kappa shape index (κ1) is 23.8. The first-order valence-corrected chi connectivity index (χ1v) is 9.79. The summed E-state index contributed by atoms with van der Waals surface area (Å²) in [6.45, 7) is 2.29. The van der Waals surface area contributed by atoms with Gasteiger partial charge in [-0.1, -0.05) is 13.3 Å². The van der Waals surface area contributed by atoms with Crippen LogP contribution in [0.15, 0.2) is 27.8 Å². The summed E-state index contributed by atoms with van der Waals surface area (Å²) in [5, 5.41) is 2.45. The van der Waals surface area contributed by atoms with E-state index >= 15 is 0 Å². The molecule has 0 atom stereocenters. The number of amides is 2. The van der Waals surface area contributed by atoms with Crippen LogP contribution in [-0.4, -0.2) is 35.0 Å². The Labute approximate surface area is 176 Å². The van der Waals surface area contributed by atoms with Crippen LogP contribution in [0.1, 0.15) is 43.0 Å². The van der Waals surface area contributed by atoms with Crippen molar-refractivity contribution in [1.29, 1.82) is 0 Å². The lowest BCUT2D eigenvalue weighted by Gasteiger charge is -2.20. The number of nitrogen functional groups attached to an aromatic ring is 1. The molecule has 9 nitrogen and oxygen atoms in total. The topological polar surface area (TPSA) is 130 Å². The highest BCUT2D eigenvalue weighted by Crippen LogP contribution is 2.17. The molecule has 0 radical (unpaired) electrons. The molecule has 0 aliphatic rings. The Morgan fingerprint density at radius 3 is 2.58 bits per heavy atom. The van der Waals surface area contributed by atoms with Crippen LogP contribution >= 0.6 is 0 Å². The normalized spacial score (nSPS) is 10.7. The number of rotatable bonds is 9. The van der Waals surface area contributed by atoms with E-state index in [1.54, 1.807) is 0 Å². The molecule has 2 rings (SSSR count). The Bertz CT molecular complexity index is 1080. The van der Waals surface area contributed by atoms with Crippen molar-refractivity contribution < 1.29 is 18.4 Å². The minimum absolute atomic E-state index is 0.0460. The number of nitrogens with two attached hydrogens (primary N) is 1. The number of aromatic amines is 1. The van der Waals surface area contributed by atoms with Gasteiger partial charge in [-0.2, -0.15) is 0 Å². The van der Waals surface area contributed by atoms with E-state index in [4.69, 9.17) is 5.73 Å². The van der Waals surface area contributed by atoms with Crippen molar-refractivity contribution in [3.05, 3.63) is 56.2 Å². The number of benzene rings is 1. The second-order valence-electron chi connectivity index (χ2n) is 6.93. The monoisotopic (exact) mass is 437 g/mol. The summed E-state index contributed by atoms with van der Waals surface area (Å²) in [7, 11) is 1.37. The number of unbranched alkanes of at least 4 members (excludes halogenated alkanes) is 1. The quantitative estimate of drug-likeness (QED) is 0.510. The zero-order valence-corrected chi connectivity index (χ0v) is 17.3. The van der Waals surface area contributed by atoms with Crippen molar-refractivity contribution in [1.82, 2.24) is 14.9 Å². The van der Waals surface area contributed by atoms with Crippen LogP contribution in [0.25, 0.3) is 0 Å². The maximum Gasteiger partial charge on any atom is 0.330 e. The number of hydrogen-bond acceptors (Lipinski definition) is 5. The van der Waals surface area contributed by atoms with E-state index < -0.39 is 34.7 Å². The van der Waals surface area contributed by atoms with Gasteiger partial charge in [0.15, 0.2) is 5.69 Å². The first-order chi connectivity index (χ1) is 14.7. The standard InChI is InChI=1S/C20H25F2N5O4/c1-3-4-10-27-17(23)16(19(30)25-20(27)31)26(2)15(28)6-5-9-24-18(29)13-8-7-12(21)11-14(13)22/h7-8,11H,3-6,9-10,23H2,1-2H3,(H,24,29)(H,25,30,31). The number of aromatic nitrogens is 2. The molecule has 0 saturated heterocycles. The number of halogens is 2. The second kappa shape index (κ2) is 10.5. The van der Waals surface area contributed by atoms with Gasteiger partial charge >= 0.3 is 5.69 Å². The van der Waals surface area contributed by atoms with Gasteiger partial charge < -0.3 is 16.0 Å². The number of anilines is 2. The SMILES string of the molecule is CCCCn1c(N)c(N(C)C(=O)CCCNC(=O)c2ccc(F)cc2F)c(=O)[nH]c1=O. The Hall–Kier alpha value is -3.50. The number of nitrogens with one attached hydrogen (secondary N) is 2. The van der Waals surface area contributed by atoms with Crippen molar-refractivity contribution in [3.8, 4) is 0 Å². The van der Waals surface area contributed by atoms with Crippen molar-refractivity contribution >= 4 is 23.3 Å². The van der Waals surface area contributed by atoms with Gasteiger partial charge in [0.2, 0.25) is 5.91 Å². The average Bonchev–Trinajstić information content (AvgIpc) is 2.70. The van der Waals surface area contributed by atoms with Gasteiger partial charge in [-0.25, -0.2) is 13.6 Å². The Morgan fingerprint density at radius 2 is 1.94 bits per heavy atom. The fourth-order valence-electron chi connectivity index (χ4n) is 2.94. The van der Waals surface area contributed by atoms with Crippen LogP contribution in [0.4, 0.5) is 20.3 Å². The van der Waals surface area contributed by atoms with E-state index in [0.29, 0.717) is 19.0 Å². The Kier molecular flexibility index (Phi) is 8.06. The molecule has 31 heavy (non-hydrogen) atoms. The van der Waals surface area contributed by atoms with E-state index in [9.17, 15) is 28.0 Å². The summed E-state index contributed by atoms with van der Waals surface area (Å²) in [6.07, 6.45) is 1.63. The number of H-pyrrole nitrogens is 1. The molecule has 0 unspecified atom stereocenters. The molecule has 2 amide bonds. The fourth-order valence-corrected chi connectivity index (χ4v) is 2.94. The van der Waals surface area contributed by atoms with E-state index in [0.717, 1.165) is 23.5 Å². The van der Waals surface area contributed by atoms with Crippen molar-refractivity contribution in [2.45, 2.75) is 39.2 Å². The summed E-state index contributed by atoms with van der Waals surface area (Å²) in [6, 6.07) is 2.61. The lowest BCUT2D eigenvalue weighted by molar-refractivity contribution is -0.118. The number of hydrogen-bond donors (Lipinski definition) is 3. The van der Waals surface area contributed by atoms with E-state index in [-0.39, 0.29) is 36.5 Å². The highest BCUT2D eigenvalue weighted by atomic mass is 19.1. The summed E-state index contributed by atoms with van der Waals surface area (Å²) in [4.78, 5) is 51.9. The molecule has 168 valence electrons. The molecule has 0 saturated carbocycles. The third-order valence-electron chi connectivity index (χ3n) is 4.69. The molecule has 0 aliphatic heterocycles. The third-order valence-corrected chi connectivity index (χ3v) is 4.69. The smallest absolute Gasteiger partial charge is 0.330 e. The van der Waals surface area contributed by atoms with Crippen LogP contribution in [0, 0.1) is 11.6 Å². The number of carbonyl (C=O) groups excluding carboxylic acids is 2. The van der Waals surface area contributed by atoms with Crippen LogP contribution in [0.2, 0.25) is 0 Å². The van der Waals surface area contributed by atoms with Crippen LogP contribution in [-0.2, 0) is 11.3 Å². The van der Waals surface area contributed by atoms with Gasteiger partial charge in [0.1, 0.15) is 17.5 Å². The summed E-state index contributed by atoms with van der Waals surface area (Å²) < 4.78 is 27.7. The van der Waals surface area contributed by atoms with Gasteiger partial charge in [0.05, 0.1) is 5.56 Å². The van der Waals surface area contributed by atoms with Crippen molar-refractivity contribution in [2.75, 3.05) is 24.2 Å². The number of carbonyl (C=O) groups is 2. The largest absolute Gasteiger partial charge is 0.383 e. The molecular formula is C20H25F2N5O4. The minimum Gasteiger partial charge on any atom is -0.383 e. The highest BCUT2D eigenvalue weighted by molar-refractivity contribution is 5.95. The second-order valence-corrected chi connectivity index (χ2v) is 6.93. The lowest BCUT2D eigenvalue weighted by Crippen LogP contribution is -2.39. The maximum absolute atomic E-state index is 13.6. The molecule has 0 fully saturated rings. The van der Waals surface area contributed by atoms with Gasteiger partial charge in [0.25, 0.3) is 11.5 Å². The van der Waals surface area contributed by atoms with Crippen LogP contribution < -0.4 is 27.2 Å². The molecule has 1 aromatic carbocycles. The van der Waals surface area contributed by atoms with Gasteiger partial charge in [-0.15, -0.1) is 0 Å². The predicted octanol–water partition coefficient (Wildman–Crippen LogP) is 1.37. The molecule has 11 heteroatoms. The first-order valence-electron chi connectivity index (χ1n) is 9.79. The summed E-state index contributed by atoms with van der Waals surface area (Å²) in [5.41, 5.74) is 4.13. The zero-order chi connectivity index (χ0) is 23.1. The third kappa shape index (κ3) is 5.77. The molecule has 0 bridgehead atoms. The molecule has 1 aromatic heterocycles. The van der Waals surface area contributed by atoms with Crippen LogP contribution in [0.5, 0.6) is 0 Å². The predicted molar refractivity (Wildman–Crippen MR) is 112 cm³/mol. The minimum atomic E-state index is -0.985. The summed E-state index contributed by atoms with van der Waals surface area (Å²) >= 11 is 0. The van der Waals surface area contributed by atoms with Gasteiger partial charge in [-0.05, 0) is 25.0 Å². The van der Waals surface area contributed by atoms with Crippen molar-refractivity contribution in [2.24, 2.45) is 0 Å². The number of nitrogens with zero attached hydrogens (tertiary/aromatic N) is 2. The highest BCUT2D eigenvalue weighted by Gasteiger charge is 2.20. The fraction of sp³-hybridized carbons (Fsp3) is 0.400. The molecule has 0 spiro atoms. The molecule has 0 aliphatic carbocycles.